The van der Waals surface area contributed by atoms with Crippen LogP contribution in [0.25, 0.3) is 0 Å². The highest BCUT2D eigenvalue weighted by Gasteiger charge is 2.32. The fourth-order valence-electron chi connectivity index (χ4n) is 0.742. The molecule has 0 saturated heterocycles. The van der Waals surface area contributed by atoms with Crippen molar-refractivity contribution in [2.24, 2.45) is 0 Å². The number of hydrogen-bond acceptors (Lipinski definition) is 2. The third-order valence-corrected chi connectivity index (χ3v) is 1.25. The second kappa shape index (κ2) is 3.77. The Hall–Kier alpha value is -1.40. The first-order chi connectivity index (χ1) is 6.39. The van der Waals surface area contributed by atoms with Crippen molar-refractivity contribution >= 4 is 0 Å². The van der Waals surface area contributed by atoms with Crippen LogP contribution in [0.1, 0.15) is 5.69 Å². The van der Waals surface area contributed by atoms with Crippen molar-refractivity contribution in [3.8, 4) is 5.75 Å². The minimum absolute atomic E-state index is 0.409. The van der Waals surface area contributed by atoms with Crippen molar-refractivity contribution in [3.63, 3.8) is 0 Å². The minimum atomic E-state index is -4.67. The second-order valence-electron chi connectivity index (χ2n) is 2.25. The van der Waals surface area contributed by atoms with E-state index in [1.165, 1.54) is 0 Å². The molecular formula is C7H4F5NO. The van der Waals surface area contributed by atoms with Gasteiger partial charge in [-0.05, 0) is 6.07 Å². The summed E-state index contributed by atoms with van der Waals surface area (Å²) in [5.41, 5.74) is -1.27. The molecule has 0 aromatic carbocycles. The molecule has 1 aromatic heterocycles. The lowest BCUT2D eigenvalue weighted by Crippen LogP contribution is -2.09. The van der Waals surface area contributed by atoms with Gasteiger partial charge in [0.1, 0.15) is 11.4 Å². The average molecular weight is 213 g/mol. The summed E-state index contributed by atoms with van der Waals surface area (Å²) in [6, 6.07) is 1.33. The third kappa shape index (κ3) is 2.82. The monoisotopic (exact) mass is 213 g/mol. The van der Waals surface area contributed by atoms with E-state index in [9.17, 15) is 22.0 Å². The molecule has 0 fully saturated rings. The van der Waals surface area contributed by atoms with Crippen LogP contribution in [0.15, 0.2) is 18.3 Å². The van der Waals surface area contributed by atoms with E-state index >= 15 is 0 Å². The molecule has 1 aromatic rings. The molecule has 1 rings (SSSR count). The molecule has 7 heteroatoms. The lowest BCUT2D eigenvalue weighted by atomic mass is 10.3. The van der Waals surface area contributed by atoms with E-state index in [1.54, 1.807) is 0 Å². The molecule has 0 N–H and O–H groups in total. The van der Waals surface area contributed by atoms with Gasteiger partial charge in [0.05, 0.1) is 0 Å². The third-order valence-electron chi connectivity index (χ3n) is 1.25. The van der Waals surface area contributed by atoms with Gasteiger partial charge in [0, 0.05) is 12.3 Å². The molecule has 2 nitrogen and oxygen atoms in total. The first-order valence-corrected chi connectivity index (χ1v) is 3.37. The lowest BCUT2D eigenvalue weighted by Gasteiger charge is -2.08. The average Bonchev–Trinajstić information content (AvgIpc) is 2.01. The van der Waals surface area contributed by atoms with Crippen LogP contribution in [0.2, 0.25) is 0 Å². The van der Waals surface area contributed by atoms with Crippen LogP contribution in [-0.4, -0.2) is 11.6 Å². The van der Waals surface area contributed by atoms with Crippen LogP contribution in [0, 0.1) is 0 Å². The van der Waals surface area contributed by atoms with Crippen molar-refractivity contribution in [1.82, 2.24) is 4.98 Å². The van der Waals surface area contributed by atoms with E-state index in [-0.39, 0.29) is 0 Å². The van der Waals surface area contributed by atoms with Crippen LogP contribution in [0.3, 0.4) is 0 Å². The van der Waals surface area contributed by atoms with Crippen molar-refractivity contribution in [3.05, 3.63) is 24.0 Å². The fourth-order valence-corrected chi connectivity index (χ4v) is 0.742. The van der Waals surface area contributed by atoms with Gasteiger partial charge in [-0.3, -0.25) is 4.98 Å². The highest BCUT2D eigenvalue weighted by Crippen LogP contribution is 2.29. The fraction of sp³-hybridized carbons (Fsp3) is 0.286. The summed E-state index contributed by atoms with van der Waals surface area (Å²) in [6.07, 6.45) is -3.91. The number of alkyl halides is 5. The predicted octanol–water partition coefficient (Wildman–Crippen LogP) is 2.70. The molecule has 0 amide bonds. The summed E-state index contributed by atoms with van der Waals surface area (Å²) in [6.45, 7) is -3.15. The number of hydrogen-bond donors (Lipinski definition) is 0. The normalized spacial score (nSPS) is 11.9. The molecule has 0 atom stereocenters. The number of nitrogens with zero attached hydrogens (tertiary/aromatic N) is 1. The summed E-state index contributed by atoms with van der Waals surface area (Å²) in [5, 5.41) is 0. The van der Waals surface area contributed by atoms with Gasteiger partial charge in [-0.15, -0.1) is 0 Å². The summed E-state index contributed by atoms with van der Waals surface area (Å²) in [4.78, 5) is 2.97. The molecule has 0 saturated carbocycles. The molecular weight excluding hydrogens is 209 g/mol. The summed E-state index contributed by atoms with van der Waals surface area (Å²) in [5.74, 6) is -0.567. The topological polar surface area (TPSA) is 22.1 Å². The molecule has 14 heavy (non-hydrogen) atoms. The zero-order valence-electron chi connectivity index (χ0n) is 6.55. The summed E-state index contributed by atoms with van der Waals surface area (Å²) >= 11 is 0. The molecule has 0 radical (unpaired) electrons. The molecule has 0 spiro atoms. The molecule has 1 heterocycles. The Bertz CT molecular complexity index is 311. The van der Waals surface area contributed by atoms with Gasteiger partial charge < -0.3 is 4.74 Å². The SMILES string of the molecule is FC(F)Oc1ccnc(C(F)(F)F)c1. The Kier molecular flexibility index (Phi) is 2.87. The maximum atomic E-state index is 12.0. The van der Waals surface area contributed by atoms with Gasteiger partial charge in [0.25, 0.3) is 0 Å². The number of ether oxygens (including phenoxy) is 1. The van der Waals surface area contributed by atoms with Crippen molar-refractivity contribution in [2.75, 3.05) is 0 Å². The van der Waals surface area contributed by atoms with Gasteiger partial charge in [0.15, 0.2) is 0 Å². The largest absolute Gasteiger partial charge is 0.435 e. The van der Waals surface area contributed by atoms with E-state index in [0.29, 0.717) is 6.07 Å². The second-order valence-corrected chi connectivity index (χ2v) is 2.25. The lowest BCUT2D eigenvalue weighted by molar-refractivity contribution is -0.141. The highest BCUT2D eigenvalue weighted by atomic mass is 19.4. The maximum Gasteiger partial charge on any atom is 0.433 e. The highest BCUT2D eigenvalue weighted by molar-refractivity contribution is 5.24. The molecule has 78 valence electrons. The zero-order valence-corrected chi connectivity index (χ0v) is 6.55. The Labute approximate surface area is 75.3 Å². The number of aromatic nitrogens is 1. The van der Waals surface area contributed by atoms with Gasteiger partial charge in [-0.25, -0.2) is 0 Å². The number of halogens is 5. The van der Waals surface area contributed by atoms with Crippen molar-refractivity contribution in [2.45, 2.75) is 12.8 Å². The quantitative estimate of drug-likeness (QED) is 0.704. The van der Waals surface area contributed by atoms with E-state index in [4.69, 9.17) is 0 Å². The molecule has 0 aliphatic carbocycles. The molecule has 0 unspecified atom stereocenters. The van der Waals surface area contributed by atoms with Crippen LogP contribution in [0.4, 0.5) is 22.0 Å². The number of pyridine rings is 1. The first kappa shape index (κ1) is 10.7. The molecule has 0 aliphatic rings. The zero-order chi connectivity index (χ0) is 10.8. The van der Waals surface area contributed by atoms with Gasteiger partial charge in [-0.2, -0.15) is 22.0 Å². The van der Waals surface area contributed by atoms with Crippen LogP contribution >= 0.6 is 0 Å². The van der Waals surface area contributed by atoms with Crippen molar-refractivity contribution in [1.29, 1.82) is 0 Å². The van der Waals surface area contributed by atoms with E-state index in [0.717, 1.165) is 12.3 Å². The van der Waals surface area contributed by atoms with Gasteiger partial charge >= 0.3 is 12.8 Å². The number of rotatable bonds is 2. The Morgan fingerprint density at radius 1 is 1.29 bits per heavy atom. The first-order valence-electron chi connectivity index (χ1n) is 3.37. The predicted molar refractivity (Wildman–Crippen MR) is 35.9 cm³/mol. The summed E-state index contributed by atoms with van der Waals surface area (Å²) in [7, 11) is 0. The van der Waals surface area contributed by atoms with Crippen molar-refractivity contribution < 1.29 is 26.7 Å². The molecule has 0 bridgehead atoms. The minimum Gasteiger partial charge on any atom is -0.435 e. The smallest absolute Gasteiger partial charge is 0.433 e. The standard InChI is InChI=1S/C7H4F5NO/c8-6(9)14-4-1-2-13-5(3-4)7(10,11)12/h1-3,6H. The van der Waals surface area contributed by atoms with Gasteiger partial charge in [-0.1, -0.05) is 0 Å². The summed E-state index contributed by atoms with van der Waals surface area (Å²) < 4.78 is 63.0. The Morgan fingerprint density at radius 3 is 2.43 bits per heavy atom. The Balaban J connectivity index is 2.90. The molecule has 0 aliphatic heterocycles. The van der Waals surface area contributed by atoms with E-state index < -0.39 is 24.2 Å². The van der Waals surface area contributed by atoms with E-state index in [1.807, 2.05) is 0 Å². The van der Waals surface area contributed by atoms with Crippen LogP contribution < -0.4 is 4.74 Å². The van der Waals surface area contributed by atoms with Crippen LogP contribution in [0.5, 0.6) is 5.75 Å². The van der Waals surface area contributed by atoms with Gasteiger partial charge in [0.2, 0.25) is 0 Å². The Morgan fingerprint density at radius 2 is 1.93 bits per heavy atom. The van der Waals surface area contributed by atoms with Crippen LogP contribution in [-0.2, 0) is 6.18 Å². The van der Waals surface area contributed by atoms with E-state index in [2.05, 4.69) is 9.72 Å². The maximum absolute atomic E-state index is 12.0.